The van der Waals surface area contributed by atoms with Crippen molar-refractivity contribution >= 4 is 17.5 Å². The number of hydrogen-bond donors (Lipinski definition) is 3. The van der Waals surface area contributed by atoms with Crippen LogP contribution in [0.1, 0.15) is 54.4 Å². The molecule has 0 aromatic heterocycles. The van der Waals surface area contributed by atoms with Gasteiger partial charge in [0.2, 0.25) is 11.6 Å². The summed E-state index contributed by atoms with van der Waals surface area (Å²) in [6.07, 6.45) is 0.863. The molecule has 0 bridgehead atoms. The second-order valence-corrected chi connectivity index (χ2v) is 6.14. The van der Waals surface area contributed by atoms with E-state index in [1.807, 2.05) is 0 Å². The number of cyclic esters (lactones) is 1. The summed E-state index contributed by atoms with van der Waals surface area (Å²) in [7, 11) is 0. The summed E-state index contributed by atoms with van der Waals surface area (Å²) in [6.45, 7) is 0.0629. The van der Waals surface area contributed by atoms with Gasteiger partial charge in [-0.3, -0.25) is 9.59 Å². The summed E-state index contributed by atoms with van der Waals surface area (Å²) in [4.78, 5) is 35.8. The topological polar surface area (TPSA) is 121 Å². The maximum atomic E-state index is 12.2. The van der Waals surface area contributed by atoms with Crippen molar-refractivity contribution in [3.8, 4) is 11.5 Å². The van der Waals surface area contributed by atoms with Crippen LogP contribution in [0.2, 0.25) is 0 Å². The highest BCUT2D eigenvalue weighted by Gasteiger charge is 2.23. The standard InChI is InChI=1S/C18H22O7/c19-12-9-11-5-1-2-6-13(20)17(23)14(21)7-3-4-8-25-18(24)16(11)15(22)10-12/h9-10,14,19,21-22H,1-8H2. The van der Waals surface area contributed by atoms with E-state index in [4.69, 9.17) is 4.74 Å². The lowest BCUT2D eigenvalue weighted by atomic mass is 9.98. The quantitative estimate of drug-likeness (QED) is 0.480. The summed E-state index contributed by atoms with van der Waals surface area (Å²) >= 11 is 0. The number of aliphatic hydroxyl groups excluding tert-OH is 1. The van der Waals surface area contributed by atoms with E-state index in [0.717, 1.165) is 6.07 Å². The van der Waals surface area contributed by atoms with Crippen molar-refractivity contribution in [1.82, 2.24) is 0 Å². The molecule has 136 valence electrons. The Kier molecular flexibility index (Phi) is 6.52. The molecule has 3 N–H and O–H groups in total. The van der Waals surface area contributed by atoms with Crippen LogP contribution in [0.3, 0.4) is 0 Å². The SMILES string of the molecule is O=C1CCCCc2cc(O)cc(O)c2C(=O)OCCCCC(O)C1=O. The van der Waals surface area contributed by atoms with Gasteiger partial charge in [-0.2, -0.15) is 0 Å². The zero-order valence-corrected chi connectivity index (χ0v) is 13.9. The Morgan fingerprint density at radius 2 is 1.68 bits per heavy atom. The Balaban J connectivity index is 2.19. The molecule has 7 heteroatoms. The largest absolute Gasteiger partial charge is 0.508 e. The molecule has 1 aliphatic heterocycles. The molecule has 0 saturated carbocycles. The number of carbonyl (C=O) groups excluding carboxylic acids is 3. The molecule has 1 heterocycles. The number of benzene rings is 1. The van der Waals surface area contributed by atoms with Crippen LogP contribution in [0.4, 0.5) is 0 Å². The van der Waals surface area contributed by atoms with Gasteiger partial charge in [-0.15, -0.1) is 0 Å². The number of esters is 1. The third-order valence-corrected chi connectivity index (χ3v) is 4.17. The normalized spacial score (nSPS) is 21.0. The van der Waals surface area contributed by atoms with Crippen LogP contribution in [0.5, 0.6) is 11.5 Å². The number of aromatic hydroxyl groups is 2. The van der Waals surface area contributed by atoms with Crippen molar-refractivity contribution in [3.05, 3.63) is 23.3 Å². The van der Waals surface area contributed by atoms with Crippen LogP contribution < -0.4 is 0 Å². The van der Waals surface area contributed by atoms with E-state index in [0.29, 0.717) is 37.7 Å². The number of Topliss-reactive ketones (excluding diaryl/α,β-unsaturated/α-hetero) is 2. The van der Waals surface area contributed by atoms with Crippen LogP contribution in [0, 0.1) is 0 Å². The molecule has 7 nitrogen and oxygen atoms in total. The van der Waals surface area contributed by atoms with Gasteiger partial charge in [0.05, 0.1) is 6.61 Å². The number of phenolic OH excluding ortho intramolecular Hbond substituents is 2. The summed E-state index contributed by atoms with van der Waals surface area (Å²) < 4.78 is 5.13. The number of rotatable bonds is 0. The Morgan fingerprint density at radius 3 is 2.44 bits per heavy atom. The van der Waals surface area contributed by atoms with Crippen molar-refractivity contribution < 1.29 is 34.4 Å². The maximum Gasteiger partial charge on any atom is 0.342 e. The van der Waals surface area contributed by atoms with E-state index in [9.17, 15) is 29.7 Å². The molecule has 0 saturated heterocycles. The van der Waals surface area contributed by atoms with Gasteiger partial charge in [-0.05, 0) is 50.2 Å². The van der Waals surface area contributed by atoms with Crippen LogP contribution in [-0.2, 0) is 20.7 Å². The summed E-state index contributed by atoms with van der Waals surface area (Å²) in [6, 6.07) is 2.46. The molecule has 0 radical (unpaired) electrons. The van der Waals surface area contributed by atoms with Gasteiger partial charge in [-0.1, -0.05) is 0 Å². The monoisotopic (exact) mass is 350 g/mol. The second-order valence-electron chi connectivity index (χ2n) is 6.14. The fourth-order valence-electron chi connectivity index (χ4n) is 2.82. The molecule has 0 spiro atoms. The van der Waals surface area contributed by atoms with Crippen molar-refractivity contribution in [2.24, 2.45) is 0 Å². The molecule has 1 aromatic rings. The van der Waals surface area contributed by atoms with Gasteiger partial charge in [0, 0.05) is 12.5 Å². The van der Waals surface area contributed by atoms with Gasteiger partial charge in [0.25, 0.3) is 0 Å². The first kappa shape index (κ1) is 18.9. The molecule has 1 aliphatic rings. The van der Waals surface area contributed by atoms with Crippen LogP contribution >= 0.6 is 0 Å². The molecule has 0 aliphatic carbocycles. The highest BCUT2D eigenvalue weighted by molar-refractivity contribution is 6.38. The number of ether oxygens (including phenoxy) is 1. The minimum absolute atomic E-state index is 0.00936. The smallest absolute Gasteiger partial charge is 0.342 e. The van der Waals surface area contributed by atoms with Crippen LogP contribution in [-0.4, -0.2) is 45.6 Å². The number of phenols is 2. The number of hydrogen-bond acceptors (Lipinski definition) is 7. The molecule has 1 atom stereocenters. The fraction of sp³-hybridized carbons (Fsp3) is 0.500. The van der Waals surface area contributed by atoms with E-state index >= 15 is 0 Å². The van der Waals surface area contributed by atoms with E-state index < -0.39 is 23.6 Å². The summed E-state index contributed by atoms with van der Waals surface area (Å²) in [5.41, 5.74) is 0.436. The minimum Gasteiger partial charge on any atom is -0.508 e. The van der Waals surface area contributed by atoms with Crippen molar-refractivity contribution in [3.63, 3.8) is 0 Å². The third-order valence-electron chi connectivity index (χ3n) is 4.17. The van der Waals surface area contributed by atoms with Gasteiger partial charge in [0.15, 0.2) is 0 Å². The van der Waals surface area contributed by atoms with E-state index in [1.165, 1.54) is 6.07 Å². The molecule has 0 fully saturated rings. The lowest BCUT2D eigenvalue weighted by Gasteiger charge is -2.12. The summed E-state index contributed by atoms with van der Waals surface area (Å²) in [5.74, 6) is -2.59. The number of aliphatic hydroxyl groups is 1. The molecule has 2 rings (SSSR count). The average Bonchev–Trinajstić information content (AvgIpc) is 2.56. The third kappa shape index (κ3) is 5.03. The molecular formula is C18H22O7. The molecule has 1 unspecified atom stereocenters. The average molecular weight is 350 g/mol. The highest BCUT2D eigenvalue weighted by Crippen LogP contribution is 2.29. The van der Waals surface area contributed by atoms with Gasteiger partial charge in [0.1, 0.15) is 23.2 Å². The Bertz CT molecular complexity index is 666. The first-order valence-corrected chi connectivity index (χ1v) is 8.37. The van der Waals surface area contributed by atoms with Gasteiger partial charge >= 0.3 is 5.97 Å². The first-order valence-electron chi connectivity index (χ1n) is 8.37. The highest BCUT2D eigenvalue weighted by atomic mass is 16.5. The van der Waals surface area contributed by atoms with E-state index in [2.05, 4.69) is 0 Å². The van der Waals surface area contributed by atoms with Gasteiger partial charge < -0.3 is 20.1 Å². The predicted octanol–water partition coefficient (Wildman–Crippen LogP) is 1.65. The minimum atomic E-state index is -1.31. The number of ketones is 2. The zero-order valence-electron chi connectivity index (χ0n) is 13.9. The van der Waals surface area contributed by atoms with Crippen LogP contribution in [0.25, 0.3) is 0 Å². The zero-order chi connectivity index (χ0) is 18.4. The van der Waals surface area contributed by atoms with Gasteiger partial charge in [-0.25, -0.2) is 4.79 Å². The van der Waals surface area contributed by atoms with Crippen molar-refractivity contribution in [2.45, 2.75) is 51.0 Å². The lowest BCUT2D eigenvalue weighted by molar-refractivity contribution is -0.141. The first-order chi connectivity index (χ1) is 11.9. The molecular weight excluding hydrogens is 328 g/mol. The molecule has 0 amide bonds. The number of carbonyl (C=O) groups is 3. The number of fused-ring (bicyclic) bond motifs is 1. The predicted molar refractivity (Wildman–Crippen MR) is 87.5 cm³/mol. The Hall–Kier alpha value is -2.41. The molecule has 25 heavy (non-hydrogen) atoms. The van der Waals surface area contributed by atoms with Crippen LogP contribution in [0.15, 0.2) is 12.1 Å². The number of aryl methyl sites for hydroxylation is 1. The maximum absolute atomic E-state index is 12.2. The second kappa shape index (κ2) is 8.62. The Labute approximate surface area is 145 Å². The van der Waals surface area contributed by atoms with Crippen molar-refractivity contribution in [1.29, 1.82) is 0 Å². The molecule has 1 aromatic carbocycles. The van der Waals surface area contributed by atoms with E-state index in [-0.39, 0.29) is 36.5 Å². The summed E-state index contributed by atoms with van der Waals surface area (Å²) in [5, 5.41) is 29.3. The fourth-order valence-corrected chi connectivity index (χ4v) is 2.82. The Morgan fingerprint density at radius 1 is 0.960 bits per heavy atom. The lowest BCUT2D eigenvalue weighted by Crippen LogP contribution is -2.28. The van der Waals surface area contributed by atoms with E-state index in [1.54, 1.807) is 0 Å². The van der Waals surface area contributed by atoms with Crippen molar-refractivity contribution in [2.75, 3.05) is 6.61 Å².